The van der Waals surface area contributed by atoms with Gasteiger partial charge in [-0.1, -0.05) is 37.3 Å². The Hall–Kier alpha value is -2.89. The summed E-state index contributed by atoms with van der Waals surface area (Å²) in [5.74, 6) is -0.201. The van der Waals surface area contributed by atoms with Crippen LogP contribution in [-0.2, 0) is 9.59 Å². The molecule has 160 valence electrons. The summed E-state index contributed by atoms with van der Waals surface area (Å²) in [7, 11) is 0. The molecule has 2 amide bonds. The SMILES string of the molecule is CCC(C(=O)N1CCC(COc2ccc(F)cc2)(CC(N)=O)CC1)c1ccccc1. The number of hydrogen-bond donors (Lipinski definition) is 1. The molecule has 1 saturated heterocycles. The van der Waals surface area contributed by atoms with Gasteiger partial charge in [-0.3, -0.25) is 9.59 Å². The van der Waals surface area contributed by atoms with Crippen molar-refractivity contribution in [2.24, 2.45) is 11.1 Å². The summed E-state index contributed by atoms with van der Waals surface area (Å²) in [6.07, 6.45) is 2.20. The first-order chi connectivity index (χ1) is 14.4. The van der Waals surface area contributed by atoms with Crippen LogP contribution in [0.3, 0.4) is 0 Å². The summed E-state index contributed by atoms with van der Waals surface area (Å²) in [6.45, 7) is 3.44. The fourth-order valence-electron chi connectivity index (χ4n) is 4.17. The smallest absolute Gasteiger partial charge is 0.230 e. The normalized spacial score (nSPS) is 16.7. The van der Waals surface area contributed by atoms with Crippen LogP contribution in [0.1, 0.15) is 44.1 Å². The van der Waals surface area contributed by atoms with Crippen LogP contribution in [0.4, 0.5) is 4.39 Å². The molecule has 2 aromatic carbocycles. The van der Waals surface area contributed by atoms with Gasteiger partial charge >= 0.3 is 0 Å². The van der Waals surface area contributed by atoms with Gasteiger partial charge in [0.1, 0.15) is 11.6 Å². The second-order valence-corrected chi connectivity index (χ2v) is 8.08. The fraction of sp³-hybridized carbons (Fsp3) is 0.417. The van der Waals surface area contributed by atoms with E-state index in [0.29, 0.717) is 38.3 Å². The Labute approximate surface area is 177 Å². The summed E-state index contributed by atoms with van der Waals surface area (Å²) in [5, 5.41) is 0. The molecule has 0 radical (unpaired) electrons. The van der Waals surface area contributed by atoms with E-state index in [-0.39, 0.29) is 30.0 Å². The number of nitrogens with zero attached hydrogens (tertiary/aromatic N) is 1. The molecule has 1 aliphatic rings. The Balaban J connectivity index is 1.66. The molecule has 3 rings (SSSR count). The summed E-state index contributed by atoms with van der Waals surface area (Å²) in [6, 6.07) is 15.6. The number of benzene rings is 2. The maximum Gasteiger partial charge on any atom is 0.230 e. The van der Waals surface area contributed by atoms with Gasteiger partial charge in [0.15, 0.2) is 0 Å². The summed E-state index contributed by atoms with van der Waals surface area (Å²) in [4.78, 5) is 26.7. The predicted molar refractivity (Wildman–Crippen MR) is 113 cm³/mol. The van der Waals surface area contributed by atoms with Crippen molar-refractivity contribution in [1.29, 1.82) is 0 Å². The summed E-state index contributed by atoms with van der Waals surface area (Å²) in [5.41, 5.74) is 6.11. The highest BCUT2D eigenvalue weighted by Gasteiger charge is 2.39. The van der Waals surface area contributed by atoms with Crippen molar-refractivity contribution in [3.8, 4) is 5.75 Å². The van der Waals surface area contributed by atoms with Gasteiger partial charge in [-0.2, -0.15) is 0 Å². The van der Waals surface area contributed by atoms with Crippen LogP contribution < -0.4 is 10.5 Å². The summed E-state index contributed by atoms with van der Waals surface area (Å²) < 4.78 is 19.0. The number of carbonyl (C=O) groups excluding carboxylic acids is 2. The molecule has 2 N–H and O–H groups in total. The van der Waals surface area contributed by atoms with Gasteiger partial charge in [0, 0.05) is 24.9 Å². The fourth-order valence-corrected chi connectivity index (χ4v) is 4.17. The molecule has 2 aromatic rings. The molecule has 0 saturated carbocycles. The number of likely N-dealkylation sites (tertiary alicyclic amines) is 1. The lowest BCUT2D eigenvalue weighted by molar-refractivity contribution is -0.136. The first-order valence-electron chi connectivity index (χ1n) is 10.4. The first kappa shape index (κ1) is 21.8. The Morgan fingerprint density at radius 2 is 1.73 bits per heavy atom. The molecule has 6 heteroatoms. The highest BCUT2D eigenvalue weighted by Crippen LogP contribution is 2.37. The van der Waals surface area contributed by atoms with E-state index in [0.717, 1.165) is 12.0 Å². The zero-order chi connectivity index (χ0) is 21.6. The molecule has 5 nitrogen and oxygen atoms in total. The standard InChI is InChI=1S/C24H29FN2O3/c1-2-21(18-6-4-3-5-7-18)23(29)27-14-12-24(13-15-27,16-22(26)28)17-30-20-10-8-19(25)9-11-20/h3-11,21H,2,12-17H2,1H3,(H2,26,28). The lowest BCUT2D eigenvalue weighted by atomic mass is 9.75. The van der Waals surface area contributed by atoms with Crippen LogP contribution in [0.5, 0.6) is 5.75 Å². The van der Waals surface area contributed by atoms with Crippen LogP contribution in [0.25, 0.3) is 0 Å². The number of carbonyl (C=O) groups is 2. The Morgan fingerprint density at radius 1 is 1.10 bits per heavy atom. The number of rotatable bonds is 8. The van der Waals surface area contributed by atoms with E-state index in [1.165, 1.54) is 12.1 Å². The van der Waals surface area contributed by atoms with Crippen LogP contribution in [0.15, 0.2) is 54.6 Å². The van der Waals surface area contributed by atoms with Crippen molar-refractivity contribution in [1.82, 2.24) is 4.90 Å². The molecular formula is C24H29FN2O3. The van der Waals surface area contributed by atoms with Gasteiger partial charge in [0.25, 0.3) is 0 Å². The average Bonchev–Trinajstić information content (AvgIpc) is 2.75. The van der Waals surface area contributed by atoms with Gasteiger partial charge in [0.05, 0.1) is 12.5 Å². The summed E-state index contributed by atoms with van der Waals surface area (Å²) >= 11 is 0. The topological polar surface area (TPSA) is 72.6 Å². The van der Waals surface area contributed by atoms with Crippen LogP contribution in [0, 0.1) is 11.2 Å². The Morgan fingerprint density at radius 3 is 2.30 bits per heavy atom. The van der Waals surface area contributed by atoms with E-state index < -0.39 is 5.41 Å². The minimum atomic E-state index is -0.425. The zero-order valence-electron chi connectivity index (χ0n) is 17.4. The quantitative estimate of drug-likeness (QED) is 0.715. The van der Waals surface area contributed by atoms with Crippen molar-refractivity contribution in [2.45, 2.75) is 38.5 Å². The second-order valence-electron chi connectivity index (χ2n) is 8.08. The van der Waals surface area contributed by atoms with Crippen LogP contribution >= 0.6 is 0 Å². The monoisotopic (exact) mass is 412 g/mol. The molecule has 1 unspecified atom stereocenters. The van der Waals surface area contributed by atoms with Crippen LogP contribution in [-0.4, -0.2) is 36.4 Å². The molecule has 0 bridgehead atoms. The lowest BCUT2D eigenvalue weighted by Gasteiger charge is -2.42. The molecule has 1 heterocycles. The van der Waals surface area contributed by atoms with Crippen molar-refractivity contribution in [3.05, 3.63) is 66.0 Å². The largest absolute Gasteiger partial charge is 0.493 e. The molecule has 0 spiro atoms. The Bertz CT molecular complexity index is 847. The second kappa shape index (κ2) is 9.74. The third kappa shape index (κ3) is 5.38. The molecule has 30 heavy (non-hydrogen) atoms. The molecule has 1 aliphatic heterocycles. The van der Waals surface area contributed by atoms with E-state index in [9.17, 15) is 14.0 Å². The number of nitrogens with two attached hydrogens (primary N) is 1. The van der Waals surface area contributed by atoms with Gasteiger partial charge in [-0.25, -0.2) is 4.39 Å². The molecule has 1 atom stereocenters. The number of primary amides is 1. The lowest BCUT2D eigenvalue weighted by Crippen LogP contribution is -2.48. The van der Waals surface area contributed by atoms with E-state index in [1.54, 1.807) is 12.1 Å². The zero-order valence-corrected chi connectivity index (χ0v) is 17.4. The number of piperidine rings is 1. The van der Waals surface area contributed by atoms with Gasteiger partial charge in [-0.05, 0) is 49.1 Å². The number of hydrogen-bond acceptors (Lipinski definition) is 3. The number of amides is 2. The van der Waals surface area contributed by atoms with Crippen molar-refractivity contribution in [3.63, 3.8) is 0 Å². The third-order valence-electron chi connectivity index (χ3n) is 5.95. The Kier molecular flexibility index (Phi) is 7.08. The highest BCUT2D eigenvalue weighted by atomic mass is 19.1. The van der Waals surface area contributed by atoms with E-state index in [2.05, 4.69) is 0 Å². The van der Waals surface area contributed by atoms with Crippen molar-refractivity contribution in [2.75, 3.05) is 19.7 Å². The minimum absolute atomic E-state index is 0.121. The average molecular weight is 413 g/mol. The first-order valence-corrected chi connectivity index (χ1v) is 10.4. The predicted octanol–water partition coefficient (Wildman–Crippen LogP) is 3.88. The van der Waals surface area contributed by atoms with E-state index >= 15 is 0 Å². The van der Waals surface area contributed by atoms with Gasteiger partial charge < -0.3 is 15.4 Å². The highest BCUT2D eigenvalue weighted by molar-refractivity contribution is 5.84. The minimum Gasteiger partial charge on any atom is -0.493 e. The van der Waals surface area contributed by atoms with E-state index in [4.69, 9.17) is 10.5 Å². The van der Waals surface area contributed by atoms with Crippen LogP contribution in [0.2, 0.25) is 0 Å². The molecule has 0 aliphatic carbocycles. The van der Waals surface area contributed by atoms with Crippen molar-refractivity contribution >= 4 is 11.8 Å². The maximum absolute atomic E-state index is 13.1. The third-order valence-corrected chi connectivity index (χ3v) is 5.95. The maximum atomic E-state index is 13.1. The van der Waals surface area contributed by atoms with Crippen molar-refractivity contribution < 1.29 is 18.7 Å². The number of halogens is 1. The molecule has 0 aromatic heterocycles. The van der Waals surface area contributed by atoms with Gasteiger partial charge in [-0.15, -0.1) is 0 Å². The molecule has 1 fully saturated rings. The molecular weight excluding hydrogens is 383 g/mol. The number of ether oxygens (including phenoxy) is 1. The van der Waals surface area contributed by atoms with Gasteiger partial charge in [0.2, 0.25) is 11.8 Å². The van der Waals surface area contributed by atoms with E-state index in [1.807, 2.05) is 42.2 Å².